The monoisotopic (exact) mass is 254 g/mol. The van der Waals surface area contributed by atoms with E-state index < -0.39 is 11.7 Å². The van der Waals surface area contributed by atoms with Crippen molar-refractivity contribution in [3.05, 3.63) is 48.0 Å². The zero-order valence-corrected chi connectivity index (χ0v) is 10.3. The first-order valence-electron chi connectivity index (χ1n) is 6.29. The summed E-state index contributed by atoms with van der Waals surface area (Å²) in [5, 5.41) is 0. The topological polar surface area (TPSA) is 0 Å². The van der Waals surface area contributed by atoms with E-state index >= 15 is 0 Å². The van der Waals surface area contributed by atoms with Gasteiger partial charge in [0.1, 0.15) is 0 Å². The van der Waals surface area contributed by atoms with E-state index in [9.17, 15) is 13.2 Å². The van der Waals surface area contributed by atoms with Crippen LogP contribution < -0.4 is 0 Å². The van der Waals surface area contributed by atoms with Crippen LogP contribution in [-0.4, -0.2) is 0 Å². The maximum absolute atomic E-state index is 12.5. The van der Waals surface area contributed by atoms with Crippen LogP contribution in [0.25, 0.3) is 0 Å². The van der Waals surface area contributed by atoms with Crippen molar-refractivity contribution < 1.29 is 13.2 Å². The van der Waals surface area contributed by atoms with Crippen LogP contribution in [0.4, 0.5) is 13.2 Å². The van der Waals surface area contributed by atoms with E-state index in [1.807, 2.05) is 6.08 Å². The van der Waals surface area contributed by atoms with Crippen molar-refractivity contribution in [1.82, 2.24) is 0 Å². The fourth-order valence-electron chi connectivity index (χ4n) is 2.78. The fraction of sp³-hybridized carbons (Fsp3) is 0.467. The predicted octanol–water partition coefficient (Wildman–Crippen LogP) is 5.09. The molecular formula is C15H17F3. The number of hydrogen-bond acceptors (Lipinski definition) is 0. The smallest absolute Gasteiger partial charge is 0.166 e. The van der Waals surface area contributed by atoms with E-state index in [1.165, 1.54) is 18.6 Å². The summed E-state index contributed by atoms with van der Waals surface area (Å²) in [7, 11) is 0. The molecule has 0 unspecified atom stereocenters. The molecule has 0 saturated heterocycles. The summed E-state index contributed by atoms with van der Waals surface area (Å²) in [4.78, 5) is 0. The second-order valence-electron chi connectivity index (χ2n) is 5.00. The lowest BCUT2D eigenvalue weighted by Crippen LogP contribution is -2.26. The molecule has 1 aliphatic carbocycles. The Morgan fingerprint density at radius 2 is 1.56 bits per heavy atom. The average molecular weight is 254 g/mol. The molecule has 1 saturated carbocycles. The van der Waals surface area contributed by atoms with Gasteiger partial charge in [0.25, 0.3) is 0 Å². The second kappa shape index (κ2) is 4.79. The highest BCUT2D eigenvalue weighted by molar-refractivity contribution is 5.34. The van der Waals surface area contributed by atoms with Gasteiger partial charge in [-0.15, -0.1) is 6.58 Å². The molecule has 0 amide bonds. The number of benzene rings is 1. The quantitative estimate of drug-likeness (QED) is 0.644. The molecule has 0 aromatic heterocycles. The van der Waals surface area contributed by atoms with Crippen LogP contribution >= 0.6 is 0 Å². The van der Waals surface area contributed by atoms with Gasteiger partial charge >= 0.3 is 6.18 Å². The van der Waals surface area contributed by atoms with Crippen LogP contribution in [0.3, 0.4) is 0 Å². The van der Waals surface area contributed by atoms with Crippen molar-refractivity contribution in [2.45, 2.75) is 43.7 Å². The third kappa shape index (κ3) is 2.45. The molecule has 18 heavy (non-hydrogen) atoms. The normalized spacial score (nSPS) is 19.5. The summed E-state index contributed by atoms with van der Waals surface area (Å²) in [5.74, 6) is 0. The van der Waals surface area contributed by atoms with E-state index in [1.54, 1.807) is 12.1 Å². The fourth-order valence-corrected chi connectivity index (χ4v) is 2.78. The number of allylic oxidation sites excluding steroid dienone is 1. The summed E-state index contributed by atoms with van der Waals surface area (Å²) >= 11 is 0. The minimum absolute atomic E-state index is 0.123. The van der Waals surface area contributed by atoms with Gasteiger partial charge < -0.3 is 0 Å². The maximum Gasteiger partial charge on any atom is 0.416 e. The molecule has 1 aliphatic rings. The summed E-state index contributed by atoms with van der Waals surface area (Å²) in [6.45, 7) is 3.88. The SMILES string of the molecule is C=CC1(c2ccc(C(F)(F)F)cc2)CCCCC1. The van der Waals surface area contributed by atoms with Crippen LogP contribution in [-0.2, 0) is 11.6 Å². The molecule has 0 bridgehead atoms. The standard InChI is InChI=1S/C15H17F3/c1-2-14(10-4-3-5-11-14)12-6-8-13(9-7-12)15(16,17)18/h2,6-9H,1,3-5,10-11H2. The number of alkyl halides is 3. The van der Waals surface area contributed by atoms with Gasteiger partial charge in [0.2, 0.25) is 0 Å². The molecule has 1 fully saturated rings. The highest BCUT2D eigenvalue weighted by Gasteiger charge is 2.33. The highest BCUT2D eigenvalue weighted by Crippen LogP contribution is 2.41. The summed E-state index contributed by atoms with van der Waals surface area (Å²) in [6.07, 6.45) is 3.07. The van der Waals surface area contributed by atoms with Gasteiger partial charge in [-0.1, -0.05) is 37.5 Å². The molecule has 0 atom stereocenters. The Labute approximate surface area is 106 Å². The Morgan fingerprint density at radius 1 is 1.00 bits per heavy atom. The first-order valence-corrected chi connectivity index (χ1v) is 6.29. The first kappa shape index (κ1) is 13.2. The maximum atomic E-state index is 12.5. The molecular weight excluding hydrogens is 237 g/mol. The minimum atomic E-state index is -4.26. The van der Waals surface area contributed by atoms with Crippen molar-refractivity contribution in [3.63, 3.8) is 0 Å². The zero-order chi connectivity index (χ0) is 13.2. The lowest BCUT2D eigenvalue weighted by atomic mass is 9.69. The van der Waals surface area contributed by atoms with E-state index in [2.05, 4.69) is 6.58 Å². The lowest BCUT2D eigenvalue weighted by Gasteiger charge is -2.35. The van der Waals surface area contributed by atoms with Gasteiger partial charge in [-0.25, -0.2) is 0 Å². The lowest BCUT2D eigenvalue weighted by molar-refractivity contribution is -0.137. The van der Waals surface area contributed by atoms with E-state index in [0.717, 1.165) is 31.2 Å². The van der Waals surface area contributed by atoms with E-state index in [-0.39, 0.29) is 5.41 Å². The van der Waals surface area contributed by atoms with Gasteiger partial charge in [0, 0.05) is 5.41 Å². The molecule has 0 N–H and O–H groups in total. The molecule has 2 rings (SSSR count). The van der Waals surface area contributed by atoms with Crippen molar-refractivity contribution in [3.8, 4) is 0 Å². The molecule has 0 heterocycles. The molecule has 1 aromatic rings. The molecule has 3 heteroatoms. The molecule has 0 spiro atoms. The number of halogens is 3. The Balaban J connectivity index is 2.30. The van der Waals surface area contributed by atoms with Crippen molar-refractivity contribution in [2.24, 2.45) is 0 Å². The summed E-state index contributed by atoms with van der Waals surface area (Å²) in [5.41, 5.74) is 0.258. The number of hydrogen-bond donors (Lipinski definition) is 0. The Bertz CT molecular complexity index is 408. The Morgan fingerprint density at radius 3 is 2.00 bits per heavy atom. The van der Waals surface area contributed by atoms with Crippen LogP contribution in [0.1, 0.15) is 43.2 Å². The minimum Gasteiger partial charge on any atom is -0.166 e. The second-order valence-corrected chi connectivity index (χ2v) is 5.00. The van der Waals surface area contributed by atoms with Crippen molar-refractivity contribution >= 4 is 0 Å². The van der Waals surface area contributed by atoms with Gasteiger partial charge in [-0.3, -0.25) is 0 Å². The third-order valence-electron chi connectivity index (χ3n) is 3.92. The van der Waals surface area contributed by atoms with Crippen LogP contribution in [0.2, 0.25) is 0 Å². The van der Waals surface area contributed by atoms with E-state index in [4.69, 9.17) is 0 Å². The molecule has 0 nitrogen and oxygen atoms in total. The molecule has 0 radical (unpaired) electrons. The van der Waals surface area contributed by atoms with Gasteiger partial charge in [0.15, 0.2) is 0 Å². The van der Waals surface area contributed by atoms with Gasteiger partial charge in [-0.2, -0.15) is 13.2 Å². The van der Waals surface area contributed by atoms with E-state index in [0.29, 0.717) is 0 Å². The molecule has 0 aliphatic heterocycles. The van der Waals surface area contributed by atoms with Crippen LogP contribution in [0.15, 0.2) is 36.9 Å². The van der Waals surface area contributed by atoms with Crippen LogP contribution in [0.5, 0.6) is 0 Å². The Kier molecular flexibility index (Phi) is 3.51. The van der Waals surface area contributed by atoms with Crippen LogP contribution in [0, 0.1) is 0 Å². The molecule has 1 aromatic carbocycles. The number of rotatable bonds is 2. The summed E-state index contributed by atoms with van der Waals surface area (Å²) < 4.78 is 37.6. The first-order chi connectivity index (χ1) is 8.48. The van der Waals surface area contributed by atoms with Gasteiger partial charge in [0.05, 0.1) is 5.56 Å². The summed E-state index contributed by atoms with van der Waals surface area (Å²) in [6, 6.07) is 5.57. The third-order valence-corrected chi connectivity index (χ3v) is 3.92. The van der Waals surface area contributed by atoms with Crippen molar-refractivity contribution in [2.75, 3.05) is 0 Å². The zero-order valence-electron chi connectivity index (χ0n) is 10.3. The average Bonchev–Trinajstić information content (AvgIpc) is 2.39. The Hall–Kier alpha value is -1.25. The predicted molar refractivity (Wildman–Crippen MR) is 66.4 cm³/mol. The van der Waals surface area contributed by atoms with Gasteiger partial charge in [-0.05, 0) is 30.5 Å². The largest absolute Gasteiger partial charge is 0.416 e. The highest BCUT2D eigenvalue weighted by atomic mass is 19.4. The van der Waals surface area contributed by atoms with Crippen molar-refractivity contribution in [1.29, 1.82) is 0 Å². The molecule has 98 valence electrons.